The number of carbonyl (C=O) groups excluding carboxylic acids is 3. The van der Waals surface area contributed by atoms with E-state index in [0.717, 1.165) is 31.3 Å². The molecule has 4 atom stereocenters. The zero-order chi connectivity index (χ0) is 30.1. The second-order valence-electron chi connectivity index (χ2n) is 11.0. The molecular formula is C24H38F3N5O5S. The van der Waals surface area contributed by atoms with Gasteiger partial charge in [0.05, 0.1) is 6.07 Å². The van der Waals surface area contributed by atoms with E-state index in [2.05, 4.69) is 68.1 Å². The Labute approximate surface area is 222 Å². The third-order valence-electron chi connectivity index (χ3n) is 6.59. The Kier molecular flexibility index (Phi) is 12.8. The van der Waals surface area contributed by atoms with Crippen molar-refractivity contribution in [3.63, 3.8) is 0 Å². The maximum Gasteiger partial charge on any atom is 0.511 e. The van der Waals surface area contributed by atoms with Gasteiger partial charge in [0.25, 0.3) is 0 Å². The molecule has 3 amide bonds. The van der Waals surface area contributed by atoms with Crippen LogP contribution in [0.15, 0.2) is 0 Å². The zero-order valence-corrected chi connectivity index (χ0v) is 23.2. The van der Waals surface area contributed by atoms with Crippen LogP contribution in [0.2, 0.25) is 0 Å². The molecule has 3 aliphatic rings. The van der Waals surface area contributed by atoms with Crippen molar-refractivity contribution in [2.24, 2.45) is 33.7 Å². The number of sulfonamides is 1. The van der Waals surface area contributed by atoms with Crippen molar-refractivity contribution in [3.8, 4) is 18.9 Å². The number of primary sulfonamides is 1. The first-order valence-corrected chi connectivity index (χ1v) is 13.4. The van der Waals surface area contributed by atoms with E-state index in [0.29, 0.717) is 37.1 Å². The molecule has 38 heavy (non-hydrogen) atoms. The van der Waals surface area contributed by atoms with Crippen LogP contribution in [0.4, 0.5) is 13.2 Å². The van der Waals surface area contributed by atoms with Crippen LogP contribution >= 0.6 is 0 Å². The summed E-state index contributed by atoms with van der Waals surface area (Å²) in [7, 11) is -5.34. The highest BCUT2D eigenvalue weighted by atomic mass is 32.2. The van der Waals surface area contributed by atoms with Gasteiger partial charge in [-0.25, -0.2) is 13.6 Å². The van der Waals surface area contributed by atoms with E-state index >= 15 is 0 Å². The molecule has 1 saturated carbocycles. The molecule has 10 nitrogen and oxygen atoms in total. The summed E-state index contributed by atoms with van der Waals surface area (Å²) in [4.78, 5) is 35.2. The summed E-state index contributed by atoms with van der Waals surface area (Å²) in [6.45, 7) is 13.7. The van der Waals surface area contributed by atoms with E-state index in [9.17, 15) is 36.0 Å². The molecule has 2 heterocycles. The minimum absolute atomic E-state index is 0.0204. The number of fused-ring (bicyclic) bond motifs is 1. The number of rotatable bonds is 5. The number of alkyl halides is 3. The summed E-state index contributed by atoms with van der Waals surface area (Å²) < 4.78 is 51.2. The Balaban J connectivity index is 0.000000546. The fourth-order valence-corrected chi connectivity index (χ4v) is 4.30. The number of terminal acetylenes is 1. The Hall–Kier alpha value is -2.84. The number of halogens is 3. The van der Waals surface area contributed by atoms with E-state index in [1.54, 1.807) is 0 Å². The molecule has 216 valence electrons. The predicted molar refractivity (Wildman–Crippen MR) is 135 cm³/mol. The van der Waals surface area contributed by atoms with Gasteiger partial charge >= 0.3 is 15.5 Å². The number of nitrogens with two attached hydrogens (primary N) is 1. The van der Waals surface area contributed by atoms with Crippen molar-refractivity contribution in [1.82, 2.24) is 15.5 Å². The number of nitrogens with zero attached hydrogens (tertiary/aromatic N) is 2. The first-order valence-electron chi connectivity index (χ1n) is 11.8. The molecule has 0 aromatic carbocycles. The number of likely N-dealkylation sites (tertiary alicyclic amines) is 1. The number of nitriles is 1. The normalized spacial score (nSPS) is 23.8. The summed E-state index contributed by atoms with van der Waals surface area (Å²) in [6, 6.07) is 1.38. The average Bonchev–Trinajstić information content (AvgIpc) is 3.18. The van der Waals surface area contributed by atoms with Crippen LogP contribution in [0.3, 0.4) is 0 Å². The average molecular weight is 566 g/mol. The molecule has 3 fully saturated rings. The molecule has 0 aromatic heterocycles. The van der Waals surface area contributed by atoms with E-state index in [1.807, 2.05) is 6.07 Å². The summed E-state index contributed by atoms with van der Waals surface area (Å²) >= 11 is 0. The van der Waals surface area contributed by atoms with E-state index in [4.69, 9.17) is 5.26 Å². The minimum atomic E-state index is -5.34. The van der Waals surface area contributed by atoms with Crippen molar-refractivity contribution in [2.45, 2.75) is 65.4 Å². The molecule has 0 aromatic rings. The smallest absolute Gasteiger partial charge is 0.356 e. The summed E-state index contributed by atoms with van der Waals surface area (Å²) in [5.41, 5.74) is -4.68. The fraction of sp³-hybridized carbons (Fsp3) is 0.750. The Morgan fingerprint density at radius 3 is 2.08 bits per heavy atom. The monoisotopic (exact) mass is 565 g/mol. The molecule has 4 N–H and O–H groups in total. The maximum absolute atomic E-state index is 12.0. The molecule has 0 spiro atoms. The Bertz CT molecular complexity index is 986. The number of carbonyl (C=O) groups is 3. The summed E-state index contributed by atoms with van der Waals surface area (Å²) in [5.74, 6) is 1.76. The fourth-order valence-electron chi connectivity index (χ4n) is 4.30. The van der Waals surface area contributed by atoms with Gasteiger partial charge in [-0.1, -0.05) is 34.6 Å². The van der Waals surface area contributed by atoms with Gasteiger partial charge in [0.1, 0.15) is 6.04 Å². The standard InChI is InChI=1S/C13H23NO.C8H11N3O2.C2H2.CH2F3NO2S/c1-12(2,3)6-11(15)14-7-9-10(8-14)13(9,4)5;9-4-7(11-5-12)3-6-1-2-10-8(6)13;1-2;2-1(3,4)8(5,6)7/h9-10H,6-8H2,1-5H3;5-7H,1-3H2,(H,10,13)(H,11,12);1-2H;(H2,5,6,7)/t9-,10?;6-,7-;;/m00../s1. The Morgan fingerprint density at radius 1 is 1.29 bits per heavy atom. The second kappa shape index (κ2) is 13.8. The van der Waals surface area contributed by atoms with Crippen LogP contribution < -0.4 is 15.8 Å². The quantitative estimate of drug-likeness (QED) is 0.340. The molecule has 2 saturated heterocycles. The number of hydrogen-bond acceptors (Lipinski definition) is 6. The van der Waals surface area contributed by atoms with Crippen LogP contribution in [0, 0.1) is 52.8 Å². The van der Waals surface area contributed by atoms with Crippen molar-refractivity contribution < 1.29 is 36.0 Å². The van der Waals surface area contributed by atoms with Gasteiger partial charge in [0, 0.05) is 32.0 Å². The van der Waals surface area contributed by atoms with E-state index < -0.39 is 21.6 Å². The third kappa shape index (κ3) is 10.9. The third-order valence-corrected chi connectivity index (χ3v) is 7.23. The van der Waals surface area contributed by atoms with E-state index in [1.165, 1.54) is 0 Å². The molecule has 0 radical (unpaired) electrons. The lowest BCUT2D eigenvalue weighted by atomic mass is 9.91. The van der Waals surface area contributed by atoms with Gasteiger partial charge in [-0.3, -0.25) is 14.4 Å². The second-order valence-corrected chi connectivity index (χ2v) is 12.6. The molecule has 2 aliphatic heterocycles. The summed E-state index contributed by atoms with van der Waals surface area (Å²) in [6.07, 6.45) is 10.3. The molecule has 14 heteroatoms. The van der Waals surface area contributed by atoms with Gasteiger partial charge in [-0.05, 0) is 35.5 Å². The van der Waals surface area contributed by atoms with Crippen LogP contribution in [-0.4, -0.2) is 62.7 Å². The zero-order valence-electron chi connectivity index (χ0n) is 22.3. The lowest BCUT2D eigenvalue weighted by Gasteiger charge is -2.26. The number of amides is 3. The van der Waals surface area contributed by atoms with Gasteiger partial charge in [-0.15, -0.1) is 12.8 Å². The minimum Gasteiger partial charge on any atom is -0.356 e. The molecular weight excluding hydrogens is 527 g/mol. The summed E-state index contributed by atoms with van der Waals surface area (Å²) in [5, 5.41) is 17.3. The van der Waals surface area contributed by atoms with E-state index in [-0.39, 0.29) is 17.2 Å². The van der Waals surface area contributed by atoms with Crippen molar-refractivity contribution in [2.75, 3.05) is 19.6 Å². The molecule has 0 bridgehead atoms. The number of piperidine rings is 1. The number of hydrogen-bond donors (Lipinski definition) is 3. The van der Waals surface area contributed by atoms with Crippen molar-refractivity contribution in [1.29, 1.82) is 5.26 Å². The van der Waals surface area contributed by atoms with Gasteiger partial charge in [0.15, 0.2) is 0 Å². The topological polar surface area (TPSA) is 162 Å². The van der Waals surface area contributed by atoms with Crippen LogP contribution in [0.1, 0.15) is 53.9 Å². The van der Waals surface area contributed by atoms with Gasteiger partial charge in [0.2, 0.25) is 18.2 Å². The molecule has 1 aliphatic carbocycles. The Morgan fingerprint density at radius 2 is 1.76 bits per heavy atom. The lowest BCUT2D eigenvalue weighted by Crippen LogP contribution is -2.35. The lowest BCUT2D eigenvalue weighted by molar-refractivity contribution is -0.133. The van der Waals surface area contributed by atoms with Gasteiger partial charge < -0.3 is 15.5 Å². The van der Waals surface area contributed by atoms with Crippen molar-refractivity contribution in [3.05, 3.63) is 0 Å². The highest BCUT2D eigenvalue weighted by Gasteiger charge is 2.62. The SMILES string of the molecule is C#C.CC(C)(C)CC(=O)N1CC2[C@H](C1)C2(C)C.N#C[C@H](C[C@@H]1CCNC1=O)NC=O.NS(=O)(=O)C(F)(F)F. The highest BCUT2D eigenvalue weighted by Crippen LogP contribution is 2.62. The first kappa shape index (κ1) is 35.2. The van der Waals surface area contributed by atoms with Crippen molar-refractivity contribution >= 4 is 28.2 Å². The molecule has 3 rings (SSSR count). The predicted octanol–water partition coefficient (Wildman–Crippen LogP) is 1.73. The molecule has 1 unspecified atom stereocenters. The van der Waals surface area contributed by atoms with Crippen LogP contribution in [0.25, 0.3) is 0 Å². The van der Waals surface area contributed by atoms with Gasteiger partial charge in [-0.2, -0.15) is 18.4 Å². The van der Waals surface area contributed by atoms with Crippen LogP contribution in [-0.2, 0) is 24.4 Å². The number of nitrogens with one attached hydrogen (secondary N) is 2. The first-order chi connectivity index (χ1) is 17.2. The van der Waals surface area contributed by atoms with Crippen LogP contribution in [0.5, 0.6) is 0 Å². The highest BCUT2D eigenvalue weighted by molar-refractivity contribution is 7.90. The largest absolute Gasteiger partial charge is 0.511 e. The maximum atomic E-state index is 12.0.